The summed E-state index contributed by atoms with van der Waals surface area (Å²) < 4.78 is 2.10. The Bertz CT molecular complexity index is 1360. The predicted octanol–water partition coefficient (Wildman–Crippen LogP) is 5.72. The van der Waals surface area contributed by atoms with Crippen molar-refractivity contribution in [2.45, 2.75) is 13.5 Å². The quantitative estimate of drug-likeness (QED) is 0.274. The van der Waals surface area contributed by atoms with Gasteiger partial charge in [0, 0.05) is 47.4 Å². The summed E-state index contributed by atoms with van der Waals surface area (Å²) in [6.45, 7) is 2.04. The number of carbonyl (C=O) groups excluding carboxylic acids is 2. The molecule has 0 aliphatic carbocycles. The van der Waals surface area contributed by atoms with Crippen molar-refractivity contribution in [3.63, 3.8) is 0 Å². The highest BCUT2D eigenvalue weighted by Gasteiger charge is 2.09. The minimum Gasteiger partial charge on any atom is -0.342 e. The van der Waals surface area contributed by atoms with Gasteiger partial charge in [0.25, 0.3) is 5.91 Å². The van der Waals surface area contributed by atoms with Crippen molar-refractivity contribution in [1.29, 1.82) is 0 Å². The fourth-order valence-corrected chi connectivity index (χ4v) is 3.80. The second kappa shape index (κ2) is 9.90. The topological polar surface area (TPSA) is 75.5 Å². The Balaban J connectivity index is 1.50. The van der Waals surface area contributed by atoms with Gasteiger partial charge in [0.1, 0.15) is 0 Å². The van der Waals surface area contributed by atoms with E-state index in [1.807, 2.05) is 42.6 Å². The molecule has 2 amide bonds. The molecule has 0 spiro atoms. The van der Waals surface area contributed by atoms with Gasteiger partial charge in [-0.15, -0.1) is 0 Å². The molecule has 0 saturated carbocycles. The molecule has 166 valence electrons. The molecule has 0 fully saturated rings. The van der Waals surface area contributed by atoms with Crippen LogP contribution >= 0.6 is 23.2 Å². The van der Waals surface area contributed by atoms with Crippen LogP contribution in [0.3, 0.4) is 0 Å². The van der Waals surface area contributed by atoms with Crippen molar-refractivity contribution in [3.8, 4) is 0 Å². The molecule has 0 aliphatic heterocycles. The molecule has 1 heterocycles. The summed E-state index contributed by atoms with van der Waals surface area (Å²) >= 11 is 12.2. The van der Waals surface area contributed by atoms with Crippen molar-refractivity contribution in [2.24, 2.45) is 5.10 Å². The lowest BCUT2D eigenvalue weighted by Gasteiger charge is -2.06. The van der Waals surface area contributed by atoms with E-state index in [0.717, 1.165) is 22.0 Å². The van der Waals surface area contributed by atoms with Crippen LogP contribution in [0.2, 0.25) is 10.0 Å². The van der Waals surface area contributed by atoms with Crippen LogP contribution < -0.4 is 10.7 Å². The molecule has 33 heavy (non-hydrogen) atoms. The SMILES string of the molecule is CC(=O)Nc1ccc(C(=O)NN=Cc2cn(Cc3ccc(Cl)c(Cl)c3)c3ccccc23)cc1. The number of rotatable bonds is 6. The number of hydrazone groups is 1. The molecule has 0 aliphatic rings. The number of aromatic nitrogens is 1. The van der Waals surface area contributed by atoms with Crippen molar-refractivity contribution >= 4 is 57.8 Å². The third kappa shape index (κ3) is 5.42. The lowest BCUT2D eigenvalue weighted by Crippen LogP contribution is -2.17. The molecule has 4 rings (SSSR count). The van der Waals surface area contributed by atoms with Crippen LogP contribution in [0.25, 0.3) is 10.9 Å². The van der Waals surface area contributed by atoms with Gasteiger partial charge in [0.05, 0.1) is 16.3 Å². The summed E-state index contributed by atoms with van der Waals surface area (Å²) in [4.78, 5) is 23.5. The molecule has 8 heteroatoms. The van der Waals surface area contributed by atoms with E-state index in [9.17, 15) is 9.59 Å². The highest BCUT2D eigenvalue weighted by molar-refractivity contribution is 6.42. The first-order valence-electron chi connectivity index (χ1n) is 10.1. The Labute approximate surface area is 200 Å². The number of anilines is 1. The number of halogens is 2. The Morgan fingerprint density at radius 3 is 2.48 bits per heavy atom. The van der Waals surface area contributed by atoms with Crippen LogP contribution in [-0.4, -0.2) is 22.6 Å². The maximum Gasteiger partial charge on any atom is 0.271 e. The van der Waals surface area contributed by atoms with Crippen LogP contribution in [0.15, 0.2) is 78.0 Å². The maximum atomic E-state index is 12.4. The van der Waals surface area contributed by atoms with Gasteiger partial charge in [-0.3, -0.25) is 9.59 Å². The van der Waals surface area contributed by atoms with Crippen molar-refractivity contribution in [3.05, 3.63) is 99.7 Å². The number of fused-ring (bicyclic) bond motifs is 1. The van der Waals surface area contributed by atoms with Crippen LogP contribution in [-0.2, 0) is 11.3 Å². The first-order valence-corrected chi connectivity index (χ1v) is 10.9. The number of amides is 2. The summed E-state index contributed by atoms with van der Waals surface area (Å²) in [6.07, 6.45) is 3.60. The molecule has 1 aromatic heterocycles. The summed E-state index contributed by atoms with van der Waals surface area (Å²) in [5, 5.41) is 8.84. The number of nitrogens with zero attached hydrogens (tertiary/aromatic N) is 2. The van der Waals surface area contributed by atoms with Crippen LogP contribution in [0.4, 0.5) is 5.69 Å². The molecule has 0 unspecified atom stereocenters. The molecule has 6 nitrogen and oxygen atoms in total. The fourth-order valence-electron chi connectivity index (χ4n) is 3.48. The Kier molecular flexibility index (Phi) is 6.77. The number of para-hydroxylation sites is 1. The van der Waals surface area contributed by atoms with E-state index < -0.39 is 0 Å². The standard InChI is InChI=1S/C25H20Cl2N4O2/c1-16(32)29-20-9-7-18(8-10-20)25(33)30-28-13-19-15-31(24-5-3-2-4-21(19)24)14-17-6-11-22(26)23(27)12-17/h2-13,15H,14H2,1H3,(H,29,32)(H,30,33). The minimum absolute atomic E-state index is 0.171. The smallest absolute Gasteiger partial charge is 0.271 e. The molecule has 4 aromatic rings. The zero-order valence-electron chi connectivity index (χ0n) is 17.7. The third-order valence-corrected chi connectivity index (χ3v) is 5.73. The zero-order valence-corrected chi connectivity index (χ0v) is 19.2. The number of carbonyl (C=O) groups is 2. The number of hydrogen-bond donors (Lipinski definition) is 2. The molecule has 0 atom stereocenters. The number of nitrogens with one attached hydrogen (secondary N) is 2. The highest BCUT2D eigenvalue weighted by Crippen LogP contribution is 2.25. The number of hydrogen-bond acceptors (Lipinski definition) is 3. The van der Waals surface area contributed by atoms with Gasteiger partial charge in [-0.05, 0) is 48.0 Å². The van der Waals surface area contributed by atoms with E-state index in [2.05, 4.69) is 20.4 Å². The van der Waals surface area contributed by atoms with E-state index in [1.165, 1.54) is 6.92 Å². The molecule has 0 saturated heterocycles. The summed E-state index contributed by atoms with van der Waals surface area (Å²) in [5.41, 5.74) is 6.52. The van der Waals surface area contributed by atoms with Gasteiger partial charge in [-0.2, -0.15) is 5.10 Å². The van der Waals surface area contributed by atoms with Crippen molar-refractivity contribution in [2.75, 3.05) is 5.32 Å². The summed E-state index contributed by atoms with van der Waals surface area (Å²) in [6, 6.07) is 20.1. The molecule has 0 bridgehead atoms. The van der Waals surface area contributed by atoms with Gasteiger partial charge in [0.15, 0.2) is 0 Å². The molecular formula is C25H20Cl2N4O2. The first kappa shape index (κ1) is 22.6. The zero-order chi connectivity index (χ0) is 23.4. The van der Waals surface area contributed by atoms with Gasteiger partial charge in [0.2, 0.25) is 5.91 Å². The molecular weight excluding hydrogens is 459 g/mol. The number of benzene rings is 3. The van der Waals surface area contributed by atoms with Gasteiger partial charge < -0.3 is 9.88 Å². The van der Waals surface area contributed by atoms with Crippen molar-refractivity contribution < 1.29 is 9.59 Å². The highest BCUT2D eigenvalue weighted by atomic mass is 35.5. The summed E-state index contributed by atoms with van der Waals surface area (Å²) in [7, 11) is 0. The van der Waals surface area contributed by atoms with Gasteiger partial charge in [-0.25, -0.2) is 5.43 Å². The van der Waals surface area contributed by atoms with Gasteiger partial charge in [-0.1, -0.05) is 47.5 Å². The van der Waals surface area contributed by atoms with Crippen LogP contribution in [0, 0.1) is 0 Å². The fraction of sp³-hybridized carbons (Fsp3) is 0.0800. The van der Waals surface area contributed by atoms with E-state index in [1.54, 1.807) is 36.5 Å². The summed E-state index contributed by atoms with van der Waals surface area (Å²) in [5.74, 6) is -0.518. The van der Waals surface area contributed by atoms with E-state index in [4.69, 9.17) is 23.2 Å². The van der Waals surface area contributed by atoms with Gasteiger partial charge >= 0.3 is 0 Å². The Morgan fingerprint density at radius 2 is 1.76 bits per heavy atom. The first-order chi connectivity index (χ1) is 15.9. The largest absolute Gasteiger partial charge is 0.342 e. The van der Waals surface area contributed by atoms with E-state index >= 15 is 0 Å². The Morgan fingerprint density at radius 1 is 1.00 bits per heavy atom. The van der Waals surface area contributed by atoms with Crippen LogP contribution in [0.5, 0.6) is 0 Å². The second-order valence-corrected chi connectivity index (χ2v) is 8.25. The van der Waals surface area contributed by atoms with E-state index in [0.29, 0.717) is 27.8 Å². The average molecular weight is 479 g/mol. The third-order valence-electron chi connectivity index (χ3n) is 4.99. The lowest BCUT2D eigenvalue weighted by molar-refractivity contribution is -0.114. The van der Waals surface area contributed by atoms with Crippen LogP contribution in [0.1, 0.15) is 28.4 Å². The monoisotopic (exact) mass is 478 g/mol. The molecule has 2 N–H and O–H groups in total. The van der Waals surface area contributed by atoms with Crippen molar-refractivity contribution in [1.82, 2.24) is 9.99 Å². The normalized spacial score (nSPS) is 11.1. The average Bonchev–Trinajstić information content (AvgIpc) is 3.14. The Hall–Kier alpha value is -3.61. The second-order valence-electron chi connectivity index (χ2n) is 7.44. The minimum atomic E-state index is -0.347. The lowest BCUT2D eigenvalue weighted by atomic mass is 10.2. The van der Waals surface area contributed by atoms with E-state index in [-0.39, 0.29) is 11.8 Å². The molecule has 3 aromatic carbocycles. The predicted molar refractivity (Wildman–Crippen MR) is 133 cm³/mol. The maximum absolute atomic E-state index is 12.4. The molecule has 0 radical (unpaired) electrons.